The number of ether oxygens (including phenoxy) is 1. The molecular weight excluding hydrogens is 264 g/mol. The van der Waals surface area contributed by atoms with Gasteiger partial charge in [-0.25, -0.2) is 4.79 Å². The number of nitrogens with zero attached hydrogens (tertiary/aromatic N) is 1. The fourth-order valence-corrected chi connectivity index (χ4v) is 2.49. The molecule has 0 radical (unpaired) electrons. The predicted octanol–water partition coefficient (Wildman–Crippen LogP) is 2.56. The van der Waals surface area contributed by atoms with Crippen LogP contribution in [-0.4, -0.2) is 37.1 Å². The van der Waals surface area contributed by atoms with Crippen LogP contribution in [0.4, 0.5) is 5.69 Å². The lowest BCUT2D eigenvalue weighted by Crippen LogP contribution is -2.33. The molecule has 0 saturated carbocycles. The number of rotatable bonds is 4. The van der Waals surface area contributed by atoms with Crippen LogP contribution in [0.2, 0.25) is 5.02 Å². The van der Waals surface area contributed by atoms with Gasteiger partial charge < -0.3 is 10.5 Å². The Labute approximate surface area is 118 Å². The van der Waals surface area contributed by atoms with Crippen LogP contribution in [0.15, 0.2) is 18.2 Å². The molecule has 1 saturated heterocycles. The van der Waals surface area contributed by atoms with Gasteiger partial charge in [-0.05, 0) is 44.1 Å². The number of nitrogen functional groups attached to an aromatic ring is 1. The first kappa shape index (κ1) is 14.2. The molecule has 0 amide bonds. The van der Waals surface area contributed by atoms with Crippen molar-refractivity contribution in [2.45, 2.75) is 19.3 Å². The van der Waals surface area contributed by atoms with Gasteiger partial charge in [-0.3, -0.25) is 4.90 Å². The van der Waals surface area contributed by atoms with Crippen molar-refractivity contribution in [2.24, 2.45) is 0 Å². The quantitative estimate of drug-likeness (QED) is 0.681. The summed E-state index contributed by atoms with van der Waals surface area (Å²) < 4.78 is 5.25. The molecule has 0 unspecified atom stereocenters. The molecule has 5 heteroatoms. The molecule has 0 bridgehead atoms. The van der Waals surface area contributed by atoms with Crippen molar-refractivity contribution in [3.05, 3.63) is 28.8 Å². The van der Waals surface area contributed by atoms with E-state index in [2.05, 4.69) is 4.90 Å². The Morgan fingerprint density at radius 1 is 1.32 bits per heavy atom. The van der Waals surface area contributed by atoms with Crippen molar-refractivity contribution in [1.29, 1.82) is 0 Å². The fraction of sp³-hybridized carbons (Fsp3) is 0.500. The molecule has 2 N–H and O–H groups in total. The Kier molecular flexibility index (Phi) is 5.05. The fourth-order valence-electron chi connectivity index (χ4n) is 2.23. The van der Waals surface area contributed by atoms with Crippen LogP contribution in [0.25, 0.3) is 0 Å². The summed E-state index contributed by atoms with van der Waals surface area (Å²) in [5.41, 5.74) is 6.49. The monoisotopic (exact) mass is 282 g/mol. The minimum atomic E-state index is -0.387. The summed E-state index contributed by atoms with van der Waals surface area (Å²) in [5, 5.41) is 0.336. The smallest absolute Gasteiger partial charge is 0.339 e. The van der Waals surface area contributed by atoms with Crippen molar-refractivity contribution in [2.75, 3.05) is 32.0 Å². The number of esters is 1. The van der Waals surface area contributed by atoms with E-state index in [-0.39, 0.29) is 5.97 Å². The highest BCUT2D eigenvalue weighted by Gasteiger charge is 2.14. The van der Waals surface area contributed by atoms with E-state index < -0.39 is 0 Å². The number of carbonyl (C=O) groups is 1. The first-order chi connectivity index (χ1) is 9.16. The van der Waals surface area contributed by atoms with Crippen molar-refractivity contribution in [3.8, 4) is 0 Å². The summed E-state index contributed by atoms with van der Waals surface area (Å²) in [6.07, 6.45) is 3.77. The van der Waals surface area contributed by atoms with Crippen LogP contribution in [-0.2, 0) is 4.74 Å². The summed E-state index contributed by atoms with van der Waals surface area (Å²) in [6.45, 7) is 3.39. The molecule has 1 aromatic rings. The van der Waals surface area contributed by atoms with E-state index in [0.29, 0.717) is 22.9 Å². The van der Waals surface area contributed by atoms with Crippen LogP contribution in [0.3, 0.4) is 0 Å². The Morgan fingerprint density at radius 3 is 2.74 bits per heavy atom. The number of halogens is 1. The maximum absolute atomic E-state index is 11.9. The van der Waals surface area contributed by atoms with Crippen molar-refractivity contribution in [1.82, 2.24) is 4.90 Å². The summed E-state index contributed by atoms with van der Waals surface area (Å²) in [6, 6.07) is 4.80. The zero-order valence-electron chi connectivity index (χ0n) is 10.9. The second-order valence-electron chi connectivity index (χ2n) is 4.78. The largest absolute Gasteiger partial charge is 0.461 e. The number of benzene rings is 1. The number of likely N-dealkylation sites (tertiary alicyclic amines) is 1. The topological polar surface area (TPSA) is 55.6 Å². The van der Waals surface area contributed by atoms with Gasteiger partial charge in [-0.2, -0.15) is 0 Å². The highest BCUT2D eigenvalue weighted by Crippen LogP contribution is 2.20. The van der Waals surface area contributed by atoms with Gasteiger partial charge in [-0.1, -0.05) is 18.0 Å². The molecule has 19 heavy (non-hydrogen) atoms. The van der Waals surface area contributed by atoms with Gasteiger partial charge >= 0.3 is 5.97 Å². The van der Waals surface area contributed by atoms with Gasteiger partial charge in [0.05, 0.1) is 10.6 Å². The van der Waals surface area contributed by atoms with Gasteiger partial charge in [0.1, 0.15) is 6.61 Å². The molecule has 1 aliphatic heterocycles. The molecule has 104 valence electrons. The van der Waals surface area contributed by atoms with E-state index in [4.69, 9.17) is 22.1 Å². The number of hydrogen-bond acceptors (Lipinski definition) is 4. The normalized spacial score (nSPS) is 16.3. The zero-order valence-corrected chi connectivity index (χ0v) is 11.7. The van der Waals surface area contributed by atoms with E-state index in [1.54, 1.807) is 18.2 Å². The molecule has 4 nitrogen and oxygen atoms in total. The van der Waals surface area contributed by atoms with Gasteiger partial charge in [0.2, 0.25) is 0 Å². The maximum atomic E-state index is 11.9. The molecule has 0 aromatic heterocycles. The lowest BCUT2D eigenvalue weighted by atomic mass is 10.1. The van der Waals surface area contributed by atoms with Crippen molar-refractivity contribution >= 4 is 23.3 Å². The maximum Gasteiger partial charge on any atom is 0.339 e. The average molecular weight is 283 g/mol. The predicted molar refractivity (Wildman–Crippen MR) is 76.4 cm³/mol. The molecule has 1 aliphatic rings. The van der Waals surface area contributed by atoms with Gasteiger partial charge in [0.15, 0.2) is 0 Å². The van der Waals surface area contributed by atoms with Gasteiger partial charge in [0, 0.05) is 12.2 Å². The Hall–Kier alpha value is -1.26. The molecule has 1 fully saturated rings. The summed E-state index contributed by atoms with van der Waals surface area (Å²) in [4.78, 5) is 14.2. The Balaban J connectivity index is 1.80. The van der Waals surface area contributed by atoms with Crippen LogP contribution < -0.4 is 5.73 Å². The molecule has 0 atom stereocenters. The molecule has 1 heterocycles. The lowest BCUT2D eigenvalue weighted by molar-refractivity contribution is 0.0452. The highest BCUT2D eigenvalue weighted by molar-refractivity contribution is 6.33. The SMILES string of the molecule is Nc1ccc(C(=O)OCCN2CCCCC2)c(Cl)c1. The van der Waals surface area contributed by atoms with E-state index in [1.165, 1.54) is 19.3 Å². The third kappa shape index (κ3) is 4.11. The minimum Gasteiger partial charge on any atom is -0.461 e. The van der Waals surface area contributed by atoms with Crippen LogP contribution >= 0.6 is 11.6 Å². The lowest BCUT2D eigenvalue weighted by Gasteiger charge is -2.25. The number of anilines is 1. The highest BCUT2D eigenvalue weighted by atomic mass is 35.5. The van der Waals surface area contributed by atoms with Crippen molar-refractivity contribution < 1.29 is 9.53 Å². The number of carbonyl (C=O) groups excluding carboxylic acids is 1. The van der Waals surface area contributed by atoms with E-state index in [0.717, 1.165) is 19.6 Å². The molecule has 2 rings (SSSR count). The van der Waals surface area contributed by atoms with Crippen LogP contribution in [0.5, 0.6) is 0 Å². The first-order valence-corrected chi connectivity index (χ1v) is 6.99. The standard InChI is InChI=1S/C14H19ClN2O2/c15-13-10-11(16)4-5-12(13)14(18)19-9-8-17-6-2-1-3-7-17/h4-5,10H,1-3,6-9,16H2. The second-order valence-corrected chi connectivity index (χ2v) is 5.18. The number of piperidine rings is 1. The third-order valence-electron chi connectivity index (χ3n) is 3.30. The molecule has 0 spiro atoms. The van der Waals surface area contributed by atoms with Crippen LogP contribution in [0.1, 0.15) is 29.6 Å². The summed E-state index contributed by atoms with van der Waals surface area (Å²) in [5.74, 6) is -0.387. The van der Waals surface area contributed by atoms with Gasteiger partial charge in [-0.15, -0.1) is 0 Å². The number of nitrogens with two attached hydrogens (primary N) is 1. The van der Waals surface area contributed by atoms with Gasteiger partial charge in [0.25, 0.3) is 0 Å². The molecule has 1 aromatic carbocycles. The third-order valence-corrected chi connectivity index (χ3v) is 3.62. The second kappa shape index (κ2) is 6.78. The minimum absolute atomic E-state index is 0.336. The van der Waals surface area contributed by atoms with E-state index >= 15 is 0 Å². The number of hydrogen-bond donors (Lipinski definition) is 1. The summed E-state index contributed by atoms with van der Waals surface area (Å²) in [7, 11) is 0. The van der Waals surface area contributed by atoms with Crippen LogP contribution in [0, 0.1) is 0 Å². The first-order valence-electron chi connectivity index (χ1n) is 6.61. The Morgan fingerprint density at radius 2 is 2.05 bits per heavy atom. The molecular formula is C14H19ClN2O2. The van der Waals surface area contributed by atoms with E-state index in [1.807, 2.05) is 0 Å². The van der Waals surface area contributed by atoms with E-state index in [9.17, 15) is 4.79 Å². The van der Waals surface area contributed by atoms with Crippen molar-refractivity contribution in [3.63, 3.8) is 0 Å². The average Bonchev–Trinajstić information content (AvgIpc) is 2.39. The molecule has 0 aliphatic carbocycles. The Bertz CT molecular complexity index is 445. The summed E-state index contributed by atoms with van der Waals surface area (Å²) >= 11 is 5.96. The zero-order chi connectivity index (χ0) is 13.7.